The molecule has 0 bridgehead atoms. The summed E-state index contributed by atoms with van der Waals surface area (Å²) in [7, 11) is 0. The number of carboxylic acid groups (broad SMARTS) is 1. The van der Waals surface area contributed by atoms with Crippen LogP contribution in [0, 0.1) is 11.8 Å². The summed E-state index contributed by atoms with van der Waals surface area (Å²) < 4.78 is 5.56. The number of carboxylic acids is 1. The monoisotopic (exact) mass is 478 g/mol. The first-order valence-corrected chi connectivity index (χ1v) is 12.5. The van der Waals surface area contributed by atoms with Crippen molar-refractivity contribution >= 4 is 18.0 Å². The highest BCUT2D eigenvalue weighted by Gasteiger charge is 2.32. The molecule has 0 radical (unpaired) electrons. The van der Waals surface area contributed by atoms with Gasteiger partial charge in [0.05, 0.1) is 0 Å². The predicted molar refractivity (Wildman–Crippen MR) is 133 cm³/mol. The van der Waals surface area contributed by atoms with Crippen molar-refractivity contribution in [1.29, 1.82) is 0 Å². The Morgan fingerprint density at radius 3 is 2.29 bits per heavy atom. The Hall–Kier alpha value is -3.35. The lowest BCUT2D eigenvalue weighted by Crippen LogP contribution is -2.51. The average molecular weight is 479 g/mol. The molecular formula is C28H34N2O5. The number of nitrogens with zero attached hydrogens (tertiary/aromatic N) is 1. The van der Waals surface area contributed by atoms with Crippen molar-refractivity contribution in [2.24, 2.45) is 11.8 Å². The molecule has 4 rings (SSSR count). The number of likely N-dealkylation sites (tertiary alicyclic amines) is 1. The van der Waals surface area contributed by atoms with E-state index in [9.17, 15) is 14.4 Å². The predicted octanol–water partition coefficient (Wildman–Crippen LogP) is 4.65. The van der Waals surface area contributed by atoms with Crippen LogP contribution >= 0.6 is 0 Å². The molecule has 2 aromatic rings. The van der Waals surface area contributed by atoms with Crippen molar-refractivity contribution in [3.05, 3.63) is 59.7 Å². The molecule has 0 spiro atoms. The lowest BCUT2D eigenvalue weighted by molar-refractivity contribution is -0.142. The second-order valence-corrected chi connectivity index (χ2v) is 9.69. The number of hydrogen-bond acceptors (Lipinski definition) is 4. The fourth-order valence-electron chi connectivity index (χ4n) is 5.16. The molecule has 0 saturated carbocycles. The molecule has 1 aliphatic heterocycles. The van der Waals surface area contributed by atoms with E-state index < -0.39 is 12.1 Å². The largest absolute Gasteiger partial charge is 0.481 e. The van der Waals surface area contributed by atoms with Gasteiger partial charge in [0.15, 0.2) is 0 Å². The Balaban J connectivity index is 1.13. The topological polar surface area (TPSA) is 95.9 Å². The van der Waals surface area contributed by atoms with Gasteiger partial charge in [0.1, 0.15) is 6.61 Å². The normalized spacial score (nSPS) is 15.6. The Morgan fingerprint density at radius 1 is 1.03 bits per heavy atom. The van der Waals surface area contributed by atoms with Crippen LogP contribution in [-0.2, 0) is 14.3 Å². The second kappa shape index (κ2) is 11.4. The number of rotatable bonds is 11. The minimum atomic E-state index is -0.766. The highest BCUT2D eigenvalue weighted by Crippen LogP contribution is 2.44. The minimum absolute atomic E-state index is 0.0373. The lowest BCUT2D eigenvalue weighted by atomic mass is 9.91. The summed E-state index contributed by atoms with van der Waals surface area (Å²) in [5.41, 5.74) is 4.77. The molecule has 1 saturated heterocycles. The van der Waals surface area contributed by atoms with Crippen LogP contribution in [0.15, 0.2) is 48.5 Å². The third-order valence-electron chi connectivity index (χ3n) is 7.12. The molecule has 1 heterocycles. The van der Waals surface area contributed by atoms with E-state index in [0.717, 1.165) is 19.5 Å². The SMILES string of the molecule is CC(CCCNC(=O)OCC1c2ccccc2-c2ccccc21)C(=O)N1CC(CCCC(=O)O)C1. The van der Waals surface area contributed by atoms with Crippen LogP contribution in [0.25, 0.3) is 11.1 Å². The number of carbonyl (C=O) groups excluding carboxylic acids is 2. The molecule has 2 N–H and O–H groups in total. The molecule has 7 heteroatoms. The average Bonchev–Trinajstić information content (AvgIpc) is 3.15. The van der Waals surface area contributed by atoms with Crippen LogP contribution in [0.4, 0.5) is 4.79 Å². The van der Waals surface area contributed by atoms with Crippen molar-refractivity contribution < 1.29 is 24.2 Å². The van der Waals surface area contributed by atoms with Crippen LogP contribution in [0.5, 0.6) is 0 Å². The van der Waals surface area contributed by atoms with Crippen LogP contribution in [0.1, 0.15) is 56.1 Å². The maximum Gasteiger partial charge on any atom is 0.407 e. The molecule has 2 amide bonds. The summed E-state index contributed by atoms with van der Waals surface area (Å²) in [5.74, 6) is -0.270. The van der Waals surface area contributed by atoms with Gasteiger partial charge in [-0.25, -0.2) is 4.79 Å². The van der Waals surface area contributed by atoms with Crippen LogP contribution < -0.4 is 5.32 Å². The number of fused-ring (bicyclic) bond motifs is 3. The zero-order valence-electron chi connectivity index (χ0n) is 20.2. The third-order valence-corrected chi connectivity index (χ3v) is 7.12. The van der Waals surface area contributed by atoms with E-state index in [1.165, 1.54) is 22.3 Å². The zero-order valence-corrected chi connectivity index (χ0v) is 20.2. The molecule has 1 fully saturated rings. The number of amides is 2. The van der Waals surface area contributed by atoms with E-state index in [0.29, 0.717) is 31.7 Å². The zero-order chi connectivity index (χ0) is 24.8. The number of hydrogen-bond donors (Lipinski definition) is 2. The van der Waals surface area contributed by atoms with Crippen LogP contribution in [0.2, 0.25) is 0 Å². The number of aliphatic carboxylic acids is 1. The van der Waals surface area contributed by atoms with Crippen LogP contribution in [0.3, 0.4) is 0 Å². The van der Waals surface area contributed by atoms with Crippen molar-refractivity contribution in [3.8, 4) is 11.1 Å². The van der Waals surface area contributed by atoms with E-state index >= 15 is 0 Å². The smallest absolute Gasteiger partial charge is 0.407 e. The van der Waals surface area contributed by atoms with E-state index in [-0.39, 0.29) is 30.8 Å². The van der Waals surface area contributed by atoms with E-state index in [2.05, 4.69) is 29.6 Å². The van der Waals surface area contributed by atoms with Crippen LogP contribution in [-0.4, -0.2) is 54.2 Å². The summed E-state index contributed by atoms with van der Waals surface area (Å²) in [5, 5.41) is 11.5. The Bertz CT molecular complexity index is 1020. The Labute approximate surface area is 206 Å². The van der Waals surface area contributed by atoms with E-state index in [1.807, 2.05) is 36.1 Å². The quantitative estimate of drug-likeness (QED) is 0.458. The third kappa shape index (κ3) is 6.02. The summed E-state index contributed by atoms with van der Waals surface area (Å²) in [4.78, 5) is 37.3. The lowest BCUT2D eigenvalue weighted by Gasteiger charge is -2.40. The van der Waals surface area contributed by atoms with Gasteiger partial charge in [0.2, 0.25) is 5.91 Å². The fourth-order valence-corrected chi connectivity index (χ4v) is 5.16. The summed E-state index contributed by atoms with van der Waals surface area (Å²) in [6, 6.07) is 16.5. The van der Waals surface area contributed by atoms with Gasteiger partial charge in [-0.3, -0.25) is 9.59 Å². The van der Waals surface area contributed by atoms with Gasteiger partial charge in [-0.1, -0.05) is 55.5 Å². The van der Waals surface area contributed by atoms with Crippen molar-refractivity contribution in [2.45, 2.75) is 44.9 Å². The number of alkyl carbamates (subject to hydrolysis) is 1. The first-order chi connectivity index (χ1) is 16.9. The molecular weight excluding hydrogens is 444 g/mol. The number of nitrogens with one attached hydrogen (secondary N) is 1. The van der Waals surface area contributed by atoms with Gasteiger partial charge >= 0.3 is 12.1 Å². The van der Waals surface area contributed by atoms with Gasteiger partial charge in [-0.15, -0.1) is 0 Å². The Morgan fingerprint density at radius 2 is 1.66 bits per heavy atom. The summed E-state index contributed by atoms with van der Waals surface area (Å²) >= 11 is 0. The number of carbonyl (C=O) groups is 3. The number of ether oxygens (including phenoxy) is 1. The molecule has 35 heavy (non-hydrogen) atoms. The molecule has 1 unspecified atom stereocenters. The molecule has 0 aromatic heterocycles. The second-order valence-electron chi connectivity index (χ2n) is 9.69. The van der Waals surface area contributed by atoms with Gasteiger partial charge in [0, 0.05) is 37.9 Å². The maximum atomic E-state index is 12.6. The standard InChI is InChI=1S/C28H34N2O5/c1-19(27(33)30-16-20(17-30)9-6-14-26(31)32)8-7-15-29-28(34)35-18-25-23-12-4-2-10-21(23)22-11-3-5-13-24(22)25/h2-5,10-13,19-20,25H,6-9,14-18H2,1H3,(H,29,34)(H,31,32). The van der Waals surface area contributed by atoms with Crippen molar-refractivity contribution in [2.75, 3.05) is 26.2 Å². The van der Waals surface area contributed by atoms with Crippen molar-refractivity contribution in [3.63, 3.8) is 0 Å². The van der Waals surface area contributed by atoms with Gasteiger partial charge in [-0.05, 0) is 53.9 Å². The van der Waals surface area contributed by atoms with E-state index in [1.54, 1.807) is 0 Å². The first-order valence-electron chi connectivity index (χ1n) is 12.5. The summed E-state index contributed by atoms with van der Waals surface area (Å²) in [6.07, 6.45) is 2.68. The Kier molecular flexibility index (Phi) is 8.06. The van der Waals surface area contributed by atoms with Crippen molar-refractivity contribution in [1.82, 2.24) is 10.2 Å². The van der Waals surface area contributed by atoms with E-state index in [4.69, 9.17) is 9.84 Å². The van der Waals surface area contributed by atoms with Gasteiger partial charge in [-0.2, -0.15) is 0 Å². The molecule has 7 nitrogen and oxygen atoms in total. The summed E-state index contributed by atoms with van der Waals surface area (Å²) in [6.45, 7) is 4.12. The highest BCUT2D eigenvalue weighted by molar-refractivity contribution is 5.80. The fraction of sp³-hybridized carbons (Fsp3) is 0.464. The number of benzene rings is 2. The van der Waals surface area contributed by atoms with Gasteiger partial charge in [0.25, 0.3) is 0 Å². The first kappa shape index (κ1) is 24.8. The highest BCUT2D eigenvalue weighted by atomic mass is 16.5. The molecule has 1 aliphatic carbocycles. The molecule has 186 valence electrons. The molecule has 2 aromatic carbocycles. The minimum Gasteiger partial charge on any atom is -0.481 e. The molecule has 1 atom stereocenters. The maximum absolute atomic E-state index is 12.6. The molecule has 2 aliphatic rings. The van der Waals surface area contributed by atoms with Gasteiger partial charge < -0.3 is 20.1 Å².